The van der Waals surface area contributed by atoms with Crippen molar-refractivity contribution in [3.63, 3.8) is 0 Å². The van der Waals surface area contributed by atoms with Crippen molar-refractivity contribution in [3.05, 3.63) is 41.7 Å². The third-order valence-electron chi connectivity index (χ3n) is 4.44. The molecule has 0 bridgehead atoms. The Kier molecular flexibility index (Phi) is 4.31. The number of carbonyl (C=O) groups excluding carboxylic acids is 1. The number of nitrogens with zero attached hydrogens (tertiary/aromatic N) is 3. The Bertz CT molecular complexity index is 773. The molecular weight excluding hydrogens is 322 g/mol. The summed E-state index contributed by atoms with van der Waals surface area (Å²) in [5.41, 5.74) is 1.53. The van der Waals surface area contributed by atoms with E-state index in [0.29, 0.717) is 56.5 Å². The molecule has 2 aliphatic rings. The van der Waals surface area contributed by atoms with E-state index in [-0.39, 0.29) is 12.0 Å². The molecule has 7 nitrogen and oxygen atoms in total. The SMILES string of the molecule is CCO[C@H]1CN(C(=O)c2cccc3c2OCCO3)Cc2ccnn2C1. The second kappa shape index (κ2) is 6.76. The molecule has 1 amide bonds. The lowest BCUT2D eigenvalue weighted by Gasteiger charge is -2.26. The Hall–Kier alpha value is -2.54. The van der Waals surface area contributed by atoms with Crippen LogP contribution in [-0.2, 0) is 17.8 Å². The van der Waals surface area contributed by atoms with Gasteiger partial charge < -0.3 is 19.1 Å². The van der Waals surface area contributed by atoms with Crippen molar-refractivity contribution in [3.8, 4) is 11.5 Å². The molecule has 0 unspecified atom stereocenters. The van der Waals surface area contributed by atoms with Crippen molar-refractivity contribution < 1.29 is 19.0 Å². The molecule has 1 atom stereocenters. The van der Waals surface area contributed by atoms with Gasteiger partial charge in [0, 0.05) is 19.3 Å². The smallest absolute Gasteiger partial charge is 0.258 e. The van der Waals surface area contributed by atoms with E-state index < -0.39 is 0 Å². The first-order valence-electron chi connectivity index (χ1n) is 8.56. The molecular formula is C18H21N3O4. The number of hydrogen-bond donors (Lipinski definition) is 0. The third-order valence-corrected chi connectivity index (χ3v) is 4.44. The average Bonchev–Trinajstić information content (AvgIpc) is 2.99. The highest BCUT2D eigenvalue weighted by Crippen LogP contribution is 2.34. The van der Waals surface area contributed by atoms with Crippen LogP contribution in [0.3, 0.4) is 0 Å². The van der Waals surface area contributed by atoms with Gasteiger partial charge in [-0.05, 0) is 25.1 Å². The fourth-order valence-corrected chi connectivity index (χ4v) is 3.32. The number of carbonyl (C=O) groups is 1. The van der Waals surface area contributed by atoms with Gasteiger partial charge in [-0.25, -0.2) is 0 Å². The summed E-state index contributed by atoms with van der Waals surface area (Å²) in [6.45, 7) is 5.16. The molecule has 25 heavy (non-hydrogen) atoms. The average molecular weight is 343 g/mol. The molecule has 1 aromatic heterocycles. The zero-order valence-corrected chi connectivity index (χ0v) is 14.2. The van der Waals surface area contributed by atoms with Crippen LogP contribution in [0.5, 0.6) is 11.5 Å². The van der Waals surface area contributed by atoms with E-state index in [1.165, 1.54) is 0 Å². The molecule has 2 aromatic rings. The van der Waals surface area contributed by atoms with Crippen LogP contribution in [0.1, 0.15) is 23.0 Å². The van der Waals surface area contributed by atoms with Gasteiger partial charge in [0.2, 0.25) is 0 Å². The Morgan fingerprint density at radius 3 is 3.04 bits per heavy atom. The van der Waals surface area contributed by atoms with Crippen LogP contribution < -0.4 is 9.47 Å². The van der Waals surface area contributed by atoms with Gasteiger partial charge in [-0.1, -0.05) is 6.07 Å². The summed E-state index contributed by atoms with van der Waals surface area (Å²) in [6, 6.07) is 7.37. The van der Waals surface area contributed by atoms with Crippen LogP contribution in [-0.4, -0.2) is 53.1 Å². The van der Waals surface area contributed by atoms with E-state index in [4.69, 9.17) is 14.2 Å². The molecule has 0 saturated carbocycles. The fourth-order valence-electron chi connectivity index (χ4n) is 3.32. The lowest BCUT2D eigenvalue weighted by molar-refractivity contribution is 0.0243. The van der Waals surface area contributed by atoms with Crippen LogP contribution in [0.15, 0.2) is 30.5 Å². The van der Waals surface area contributed by atoms with Crippen molar-refractivity contribution in [2.45, 2.75) is 26.1 Å². The predicted molar refractivity (Wildman–Crippen MR) is 89.8 cm³/mol. The quantitative estimate of drug-likeness (QED) is 0.849. The van der Waals surface area contributed by atoms with E-state index in [1.807, 2.05) is 29.8 Å². The van der Waals surface area contributed by atoms with Crippen molar-refractivity contribution >= 4 is 5.91 Å². The summed E-state index contributed by atoms with van der Waals surface area (Å²) in [5.74, 6) is 1.07. The van der Waals surface area contributed by atoms with Crippen molar-refractivity contribution in [2.24, 2.45) is 0 Å². The van der Waals surface area contributed by atoms with E-state index in [9.17, 15) is 4.79 Å². The molecule has 0 fully saturated rings. The summed E-state index contributed by atoms with van der Waals surface area (Å²) in [4.78, 5) is 15.0. The molecule has 0 spiro atoms. The van der Waals surface area contributed by atoms with Crippen LogP contribution in [0.4, 0.5) is 0 Å². The Balaban J connectivity index is 1.65. The highest BCUT2D eigenvalue weighted by atomic mass is 16.6. The van der Waals surface area contributed by atoms with Gasteiger partial charge in [0.25, 0.3) is 5.91 Å². The number of benzene rings is 1. The first-order valence-corrected chi connectivity index (χ1v) is 8.56. The minimum Gasteiger partial charge on any atom is -0.486 e. The second-order valence-electron chi connectivity index (χ2n) is 6.10. The first-order chi connectivity index (χ1) is 12.3. The Morgan fingerprint density at radius 2 is 2.16 bits per heavy atom. The first kappa shape index (κ1) is 16.0. The van der Waals surface area contributed by atoms with Gasteiger partial charge >= 0.3 is 0 Å². The molecule has 0 N–H and O–H groups in total. The largest absolute Gasteiger partial charge is 0.486 e. The van der Waals surface area contributed by atoms with Gasteiger partial charge in [-0.2, -0.15) is 5.10 Å². The molecule has 2 aliphatic heterocycles. The number of hydrogen-bond acceptors (Lipinski definition) is 5. The third kappa shape index (κ3) is 3.07. The maximum Gasteiger partial charge on any atom is 0.258 e. The van der Waals surface area contributed by atoms with Crippen LogP contribution >= 0.6 is 0 Å². The predicted octanol–water partition coefficient (Wildman–Crippen LogP) is 1.72. The Morgan fingerprint density at radius 1 is 1.28 bits per heavy atom. The topological polar surface area (TPSA) is 65.8 Å². The van der Waals surface area contributed by atoms with Gasteiger partial charge in [0.1, 0.15) is 13.2 Å². The van der Waals surface area contributed by atoms with Gasteiger partial charge in [-0.15, -0.1) is 0 Å². The molecule has 0 saturated heterocycles. The number of fused-ring (bicyclic) bond motifs is 2. The van der Waals surface area contributed by atoms with E-state index >= 15 is 0 Å². The number of amides is 1. The molecule has 132 valence electrons. The van der Waals surface area contributed by atoms with Crippen LogP contribution in [0.2, 0.25) is 0 Å². The van der Waals surface area contributed by atoms with Crippen LogP contribution in [0, 0.1) is 0 Å². The molecule has 4 rings (SSSR count). The summed E-state index contributed by atoms with van der Waals surface area (Å²) < 4.78 is 19.0. The molecule has 1 aromatic carbocycles. The minimum absolute atomic E-state index is 0.0818. The van der Waals surface area contributed by atoms with Gasteiger partial charge in [-0.3, -0.25) is 9.48 Å². The van der Waals surface area contributed by atoms with E-state index in [0.717, 1.165) is 5.69 Å². The van der Waals surface area contributed by atoms with Crippen molar-refractivity contribution in [1.82, 2.24) is 14.7 Å². The fraction of sp³-hybridized carbons (Fsp3) is 0.444. The molecule has 3 heterocycles. The maximum absolute atomic E-state index is 13.2. The molecule has 7 heteroatoms. The van der Waals surface area contributed by atoms with Gasteiger partial charge in [0.05, 0.1) is 30.5 Å². The number of para-hydroxylation sites is 1. The Labute approximate surface area is 146 Å². The second-order valence-corrected chi connectivity index (χ2v) is 6.10. The van der Waals surface area contributed by atoms with Crippen LogP contribution in [0.25, 0.3) is 0 Å². The minimum atomic E-state index is -0.0909. The lowest BCUT2D eigenvalue weighted by atomic mass is 10.1. The number of rotatable bonds is 3. The maximum atomic E-state index is 13.2. The normalized spacial score (nSPS) is 19.2. The molecule has 0 radical (unpaired) electrons. The number of ether oxygens (including phenoxy) is 3. The summed E-state index contributed by atoms with van der Waals surface area (Å²) >= 11 is 0. The summed E-state index contributed by atoms with van der Waals surface area (Å²) in [6.07, 6.45) is 1.67. The zero-order chi connectivity index (χ0) is 17.2. The molecule has 0 aliphatic carbocycles. The van der Waals surface area contributed by atoms with Crippen molar-refractivity contribution in [1.29, 1.82) is 0 Å². The monoisotopic (exact) mass is 343 g/mol. The summed E-state index contributed by atoms with van der Waals surface area (Å²) in [7, 11) is 0. The summed E-state index contributed by atoms with van der Waals surface area (Å²) in [5, 5.41) is 4.34. The van der Waals surface area contributed by atoms with Crippen molar-refractivity contribution in [2.75, 3.05) is 26.4 Å². The van der Waals surface area contributed by atoms with Gasteiger partial charge in [0.15, 0.2) is 11.5 Å². The highest BCUT2D eigenvalue weighted by Gasteiger charge is 2.29. The highest BCUT2D eigenvalue weighted by molar-refractivity contribution is 5.98. The van der Waals surface area contributed by atoms with E-state index in [2.05, 4.69) is 5.10 Å². The lowest BCUT2D eigenvalue weighted by Crippen LogP contribution is -2.37. The van der Waals surface area contributed by atoms with E-state index in [1.54, 1.807) is 17.2 Å². The number of aromatic nitrogens is 2. The standard InChI is InChI=1S/C18H21N3O4/c1-2-23-14-11-20(10-13-6-7-19-21(13)12-14)18(22)15-4-3-5-16-17(15)25-9-8-24-16/h3-7,14H,2,8-12H2,1H3/t14-/m0/s1. The zero-order valence-electron chi connectivity index (χ0n) is 14.2.